The maximum atomic E-state index is 12.2. The highest BCUT2D eigenvalue weighted by molar-refractivity contribution is 5.89. The minimum absolute atomic E-state index is 0.210. The first-order chi connectivity index (χ1) is 10.3. The Morgan fingerprint density at radius 1 is 1.32 bits per heavy atom. The third kappa shape index (κ3) is 4.91. The maximum absolute atomic E-state index is 12.2. The summed E-state index contributed by atoms with van der Waals surface area (Å²) in [5.74, 6) is 0. The van der Waals surface area contributed by atoms with Gasteiger partial charge in [-0.25, -0.2) is 4.79 Å². The van der Waals surface area contributed by atoms with Crippen LogP contribution >= 0.6 is 0 Å². The van der Waals surface area contributed by atoms with E-state index in [9.17, 15) is 9.90 Å². The molecular formula is C17H27N3O2. The minimum atomic E-state index is -0.901. The van der Waals surface area contributed by atoms with Crippen molar-refractivity contribution in [3.05, 3.63) is 24.3 Å². The zero-order valence-electron chi connectivity index (χ0n) is 13.8. The number of rotatable bonds is 4. The van der Waals surface area contributed by atoms with Crippen molar-refractivity contribution in [2.45, 2.75) is 38.7 Å². The Balaban J connectivity index is 1.99. The van der Waals surface area contributed by atoms with Gasteiger partial charge in [0.1, 0.15) is 0 Å². The summed E-state index contributed by atoms with van der Waals surface area (Å²) in [5.41, 5.74) is 1.04. The van der Waals surface area contributed by atoms with Crippen LogP contribution in [0.5, 0.6) is 0 Å². The Bertz CT molecular complexity index is 505. The van der Waals surface area contributed by atoms with Crippen molar-refractivity contribution in [2.24, 2.45) is 0 Å². The van der Waals surface area contributed by atoms with E-state index in [1.54, 1.807) is 20.9 Å². The number of carbonyl (C=O) groups is 1. The summed E-state index contributed by atoms with van der Waals surface area (Å²) in [5, 5.41) is 12.7. The van der Waals surface area contributed by atoms with E-state index in [4.69, 9.17) is 0 Å². The van der Waals surface area contributed by atoms with E-state index in [0.717, 1.165) is 24.5 Å². The normalized spacial score (nSPS) is 15.5. The second-order valence-electron chi connectivity index (χ2n) is 6.70. The van der Waals surface area contributed by atoms with Crippen LogP contribution in [0.15, 0.2) is 24.3 Å². The lowest BCUT2D eigenvalue weighted by atomic mass is 10.1. The molecule has 22 heavy (non-hydrogen) atoms. The van der Waals surface area contributed by atoms with Gasteiger partial charge in [-0.15, -0.1) is 0 Å². The summed E-state index contributed by atoms with van der Waals surface area (Å²) >= 11 is 0. The predicted molar refractivity (Wildman–Crippen MR) is 90.5 cm³/mol. The molecule has 5 heteroatoms. The van der Waals surface area contributed by atoms with E-state index < -0.39 is 5.60 Å². The van der Waals surface area contributed by atoms with E-state index in [-0.39, 0.29) is 12.6 Å². The van der Waals surface area contributed by atoms with Crippen LogP contribution in [0.2, 0.25) is 0 Å². The Labute approximate surface area is 132 Å². The molecule has 0 unspecified atom stereocenters. The molecule has 2 amide bonds. The van der Waals surface area contributed by atoms with Crippen molar-refractivity contribution >= 4 is 17.4 Å². The second kappa shape index (κ2) is 7.01. The van der Waals surface area contributed by atoms with E-state index in [2.05, 4.69) is 16.3 Å². The fourth-order valence-corrected chi connectivity index (χ4v) is 2.80. The molecule has 0 radical (unpaired) electrons. The molecule has 0 aromatic heterocycles. The van der Waals surface area contributed by atoms with Gasteiger partial charge < -0.3 is 20.2 Å². The maximum Gasteiger partial charge on any atom is 0.321 e. The van der Waals surface area contributed by atoms with Gasteiger partial charge in [0.25, 0.3) is 0 Å². The first-order valence-corrected chi connectivity index (χ1v) is 7.95. The quantitative estimate of drug-likeness (QED) is 0.899. The summed E-state index contributed by atoms with van der Waals surface area (Å²) in [6, 6.07) is 7.75. The highest BCUT2D eigenvalue weighted by Crippen LogP contribution is 2.23. The van der Waals surface area contributed by atoms with Gasteiger partial charge in [0.2, 0.25) is 0 Å². The third-order valence-corrected chi connectivity index (χ3v) is 3.79. The van der Waals surface area contributed by atoms with Crippen molar-refractivity contribution in [1.82, 2.24) is 4.90 Å². The van der Waals surface area contributed by atoms with Crippen molar-refractivity contribution in [1.29, 1.82) is 0 Å². The fourth-order valence-electron chi connectivity index (χ4n) is 2.80. The highest BCUT2D eigenvalue weighted by Gasteiger charge is 2.19. The van der Waals surface area contributed by atoms with Crippen LogP contribution < -0.4 is 10.2 Å². The molecule has 1 saturated heterocycles. The summed E-state index contributed by atoms with van der Waals surface area (Å²) in [6.07, 6.45) is 3.75. The average molecular weight is 305 g/mol. The SMILES string of the molecule is CN(CC(C)(C)O)C(=O)Nc1cccc(N2CCCCC2)c1. The van der Waals surface area contributed by atoms with E-state index in [0.29, 0.717) is 0 Å². The van der Waals surface area contributed by atoms with Crippen LogP contribution in [0, 0.1) is 0 Å². The molecule has 1 aromatic rings. The number of urea groups is 1. The van der Waals surface area contributed by atoms with Crippen molar-refractivity contribution in [3.63, 3.8) is 0 Å². The standard InChI is InChI=1S/C17H27N3O2/c1-17(2,22)13-19(3)16(21)18-14-8-7-9-15(12-14)20-10-5-4-6-11-20/h7-9,12,22H,4-6,10-11,13H2,1-3H3,(H,18,21). The summed E-state index contributed by atoms with van der Waals surface area (Å²) in [6.45, 7) is 5.82. The van der Waals surface area contributed by atoms with Crippen LogP contribution in [-0.4, -0.2) is 48.3 Å². The molecule has 0 aliphatic carbocycles. The zero-order valence-corrected chi connectivity index (χ0v) is 13.8. The van der Waals surface area contributed by atoms with Crippen molar-refractivity contribution in [2.75, 3.05) is 36.9 Å². The number of benzene rings is 1. The number of piperidine rings is 1. The molecular weight excluding hydrogens is 278 g/mol. The van der Waals surface area contributed by atoms with Gasteiger partial charge in [0.05, 0.1) is 12.1 Å². The first-order valence-electron chi connectivity index (χ1n) is 7.95. The largest absolute Gasteiger partial charge is 0.389 e. The Hall–Kier alpha value is -1.75. The van der Waals surface area contributed by atoms with Crippen molar-refractivity contribution < 1.29 is 9.90 Å². The molecule has 0 atom stereocenters. The van der Waals surface area contributed by atoms with Gasteiger partial charge >= 0.3 is 6.03 Å². The minimum Gasteiger partial charge on any atom is -0.389 e. The molecule has 1 fully saturated rings. The lowest BCUT2D eigenvalue weighted by Crippen LogP contribution is -2.41. The molecule has 1 aliphatic rings. The summed E-state index contributed by atoms with van der Waals surface area (Å²) < 4.78 is 0. The van der Waals surface area contributed by atoms with Crippen LogP contribution in [0.25, 0.3) is 0 Å². The van der Waals surface area contributed by atoms with Gasteiger partial charge in [0.15, 0.2) is 0 Å². The lowest BCUT2D eigenvalue weighted by molar-refractivity contribution is 0.0550. The molecule has 122 valence electrons. The molecule has 1 aromatic carbocycles. The van der Waals surface area contributed by atoms with Gasteiger partial charge in [-0.05, 0) is 51.3 Å². The Kier molecular flexibility index (Phi) is 5.29. The summed E-state index contributed by atoms with van der Waals surface area (Å²) in [7, 11) is 1.68. The molecule has 5 nitrogen and oxygen atoms in total. The molecule has 1 heterocycles. The Morgan fingerprint density at radius 2 is 2.00 bits per heavy atom. The molecule has 2 N–H and O–H groups in total. The number of amides is 2. The molecule has 2 rings (SSSR count). The fraction of sp³-hybridized carbons (Fsp3) is 0.588. The van der Waals surface area contributed by atoms with Gasteiger partial charge in [-0.3, -0.25) is 0 Å². The second-order valence-corrected chi connectivity index (χ2v) is 6.70. The molecule has 0 bridgehead atoms. The molecule has 1 aliphatic heterocycles. The number of nitrogens with zero attached hydrogens (tertiary/aromatic N) is 2. The third-order valence-electron chi connectivity index (χ3n) is 3.79. The number of likely N-dealkylation sites (N-methyl/N-ethyl adjacent to an activating group) is 1. The number of aliphatic hydroxyl groups is 1. The topological polar surface area (TPSA) is 55.8 Å². The van der Waals surface area contributed by atoms with Gasteiger partial charge in [0, 0.05) is 31.5 Å². The van der Waals surface area contributed by atoms with Crippen LogP contribution in [0.3, 0.4) is 0 Å². The molecule has 0 spiro atoms. The number of nitrogens with one attached hydrogen (secondary N) is 1. The number of hydrogen-bond acceptors (Lipinski definition) is 3. The molecule has 0 saturated carbocycles. The average Bonchev–Trinajstić information content (AvgIpc) is 2.46. The predicted octanol–water partition coefficient (Wildman–Crippen LogP) is 2.91. The van der Waals surface area contributed by atoms with E-state index in [1.807, 2.05) is 18.2 Å². The van der Waals surface area contributed by atoms with E-state index >= 15 is 0 Å². The first kappa shape index (κ1) is 16.6. The Morgan fingerprint density at radius 3 is 2.64 bits per heavy atom. The zero-order chi connectivity index (χ0) is 16.2. The van der Waals surface area contributed by atoms with Crippen molar-refractivity contribution in [3.8, 4) is 0 Å². The monoisotopic (exact) mass is 305 g/mol. The number of hydrogen-bond donors (Lipinski definition) is 2. The lowest BCUT2D eigenvalue weighted by Gasteiger charge is -2.29. The van der Waals surface area contributed by atoms with Crippen LogP contribution in [0.1, 0.15) is 33.1 Å². The van der Waals surface area contributed by atoms with Crippen LogP contribution in [0.4, 0.5) is 16.2 Å². The smallest absolute Gasteiger partial charge is 0.321 e. The van der Waals surface area contributed by atoms with Crippen LogP contribution in [-0.2, 0) is 0 Å². The van der Waals surface area contributed by atoms with Gasteiger partial charge in [-0.2, -0.15) is 0 Å². The highest BCUT2D eigenvalue weighted by atomic mass is 16.3. The van der Waals surface area contributed by atoms with Gasteiger partial charge in [-0.1, -0.05) is 6.07 Å². The number of carbonyl (C=O) groups excluding carboxylic acids is 1. The number of anilines is 2. The summed E-state index contributed by atoms with van der Waals surface area (Å²) in [4.78, 5) is 16.0. The van der Waals surface area contributed by atoms with E-state index in [1.165, 1.54) is 24.2 Å².